The number of nitriles is 2. The molecule has 0 aromatic rings. The predicted octanol–water partition coefficient (Wildman–Crippen LogP) is 6.04. The SMILES string of the molecule is CC(OC(=O)CCC(C)(C#N)N=NC(C)(C#N)CCC(=O)OC(C)OC1CCCCC1)OC1CCCCC1. The van der Waals surface area contributed by atoms with Gasteiger partial charge < -0.3 is 18.9 Å². The summed E-state index contributed by atoms with van der Waals surface area (Å²) in [7, 11) is 0. The second kappa shape index (κ2) is 15.8. The van der Waals surface area contributed by atoms with Gasteiger partial charge in [-0.1, -0.05) is 38.5 Å². The first-order valence-corrected chi connectivity index (χ1v) is 14.0. The van der Waals surface area contributed by atoms with Crippen LogP contribution in [0.25, 0.3) is 0 Å². The second-order valence-corrected chi connectivity index (χ2v) is 10.9. The van der Waals surface area contributed by atoms with Gasteiger partial charge in [0.05, 0.1) is 24.3 Å². The molecule has 10 nitrogen and oxygen atoms in total. The fraction of sp³-hybridized carbons (Fsp3) is 0.857. The maximum absolute atomic E-state index is 12.3. The third-order valence-corrected chi connectivity index (χ3v) is 7.07. The summed E-state index contributed by atoms with van der Waals surface area (Å²) in [6.45, 7) is 6.48. The van der Waals surface area contributed by atoms with Gasteiger partial charge in [0.2, 0.25) is 0 Å². The van der Waals surface area contributed by atoms with Gasteiger partial charge >= 0.3 is 11.9 Å². The third-order valence-electron chi connectivity index (χ3n) is 7.07. The number of hydrogen-bond donors (Lipinski definition) is 0. The summed E-state index contributed by atoms with van der Waals surface area (Å²) in [5.74, 6) is -0.972. The normalized spacial score (nSPS) is 21.8. The van der Waals surface area contributed by atoms with E-state index in [1.807, 2.05) is 0 Å². The van der Waals surface area contributed by atoms with E-state index >= 15 is 0 Å². The van der Waals surface area contributed by atoms with Gasteiger partial charge in [0.25, 0.3) is 0 Å². The van der Waals surface area contributed by atoms with Gasteiger partial charge in [-0.2, -0.15) is 20.8 Å². The number of carbonyl (C=O) groups is 2. The fourth-order valence-corrected chi connectivity index (χ4v) is 4.66. The molecular formula is C28H44N4O6. The maximum Gasteiger partial charge on any atom is 0.308 e. The smallest absolute Gasteiger partial charge is 0.308 e. The van der Waals surface area contributed by atoms with E-state index in [0.29, 0.717) is 0 Å². The molecular weight excluding hydrogens is 488 g/mol. The Hall–Kier alpha value is -2.56. The van der Waals surface area contributed by atoms with Gasteiger partial charge in [-0.15, -0.1) is 0 Å². The maximum atomic E-state index is 12.3. The van der Waals surface area contributed by atoms with Crippen LogP contribution in [0, 0.1) is 22.7 Å². The number of azo groups is 1. The predicted molar refractivity (Wildman–Crippen MR) is 138 cm³/mol. The average Bonchev–Trinajstić information content (AvgIpc) is 2.90. The van der Waals surface area contributed by atoms with Crippen LogP contribution >= 0.6 is 0 Å². The van der Waals surface area contributed by atoms with Crippen molar-refractivity contribution < 1.29 is 28.5 Å². The standard InChI is InChI=1S/C28H44N4O6/c1-21(35-23-11-7-5-8-12-23)37-25(33)15-17-27(3,19-29)31-32-28(4,20-30)18-16-26(34)38-22(2)36-24-13-9-6-10-14-24/h21-24H,5-18H2,1-4H3. The van der Waals surface area contributed by atoms with Crippen molar-refractivity contribution in [2.45, 2.75) is 153 Å². The van der Waals surface area contributed by atoms with Crippen molar-refractivity contribution in [1.82, 2.24) is 0 Å². The minimum Gasteiger partial charge on any atom is -0.436 e. The Morgan fingerprint density at radius 3 is 1.39 bits per heavy atom. The minimum absolute atomic E-state index is 0.0457. The Balaban J connectivity index is 1.78. The van der Waals surface area contributed by atoms with Gasteiger partial charge in [-0.3, -0.25) is 9.59 Å². The number of esters is 2. The monoisotopic (exact) mass is 532 g/mol. The number of rotatable bonds is 14. The van der Waals surface area contributed by atoms with Crippen molar-refractivity contribution in [2.24, 2.45) is 10.2 Å². The van der Waals surface area contributed by atoms with Gasteiger partial charge in [-0.25, -0.2) is 0 Å². The zero-order valence-corrected chi connectivity index (χ0v) is 23.4. The van der Waals surface area contributed by atoms with Crippen LogP contribution < -0.4 is 0 Å². The lowest BCUT2D eigenvalue weighted by molar-refractivity contribution is -0.188. The number of hydrogen-bond acceptors (Lipinski definition) is 10. The first kappa shape index (κ1) is 31.7. The summed E-state index contributed by atoms with van der Waals surface area (Å²) in [6.07, 6.45) is 9.73. The Bertz CT molecular complexity index is 802. The highest BCUT2D eigenvalue weighted by atomic mass is 16.7. The Morgan fingerprint density at radius 2 is 1.08 bits per heavy atom. The van der Waals surface area contributed by atoms with E-state index in [2.05, 4.69) is 22.4 Å². The van der Waals surface area contributed by atoms with E-state index < -0.39 is 35.6 Å². The van der Waals surface area contributed by atoms with Crippen LogP contribution in [0.2, 0.25) is 0 Å². The summed E-state index contributed by atoms with van der Waals surface area (Å²) < 4.78 is 22.3. The van der Waals surface area contributed by atoms with Crippen LogP contribution in [-0.2, 0) is 28.5 Å². The lowest BCUT2D eigenvalue weighted by Gasteiger charge is -2.26. The highest BCUT2D eigenvalue weighted by Gasteiger charge is 2.31. The molecule has 0 saturated heterocycles. The third kappa shape index (κ3) is 11.9. The molecule has 0 bridgehead atoms. The largest absolute Gasteiger partial charge is 0.436 e. The zero-order valence-electron chi connectivity index (χ0n) is 23.4. The molecule has 0 N–H and O–H groups in total. The van der Waals surface area contributed by atoms with E-state index in [1.54, 1.807) is 27.7 Å². The summed E-state index contributed by atoms with van der Waals surface area (Å²) in [5, 5.41) is 27.5. The molecule has 2 aliphatic carbocycles. The van der Waals surface area contributed by atoms with Crippen molar-refractivity contribution >= 4 is 11.9 Å². The molecule has 2 aliphatic rings. The van der Waals surface area contributed by atoms with Gasteiger partial charge in [0.1, 0.15) is 0 Å². The van der Waals surface area contributed by atoms with Crippen LogP contribution in [0.3, 0.4) is 0 Å². The van der Waals surface area contributed by atoms with Crippen LogP contribution in [0.1, 0.15) is 118 Å². The molecule has 2 fully saturated rings. The molecule has 0 radical (unpaired) electrons. The first-order chi connectivity index (χ1) is 18.1. The first-order valence-electron chi connectivity index (χ1n) is 14.0. The fourth-order valence-electron chi connectivity index (χ4n) is 4.66. The quantitative estimate of drug-likeness (QED) is 0.150. The van der Waals surface area contributed by atoms with Crippen LogP contribution in [0.5, 0.6) is 0 Å². The van der Waals surface area contributed by atoms with E-state index in [0.717, 1.165) is 51.4 Å². The molecule has 0 aromatic heterocycles. The van der Waals surface area contributed by atoms with E-state index in [1.165, 1.54) is 12.8 Å². The molecule has 4 atom stereocenters. The van der Waals surface area contributed by atoms with Gasteiger partial charge in [0, 0.05) is 12.8 Å². The molecule has 0 aromatic carbocycles. The molecule has 10 heteroatoms. The summed E-state index contributed by atoms with van der Waals surface area (Å²) in [6, 6.07) is 4.12. The van der Waals surface area contributed by atoms with Crippen molar-refractivity contribution in [3.05, 3.63) is 0 Å². The number of nitrogens with zero attached hydrogens (tertiary/aromatic N) is 4. The second-order valence-electron chi connectivity index (χ2n) is 10.9. The van der Waals surface area contributed by atoms with Crippen molar-refractivity contribution in [3.8, 4) is 12.1 Å². The van der Waals surface area contributed by atoms with Crippen molar-refractivity contribution in [3.63, 3.8) is 0 Å². The molecule has 4 unspecified atom stereocenters. The van der Waals surface area contributed by atoms with Crippen LogP contribution in [-0.4, -0.2) is 47.8 Å². The van der Waals surface area contributed by atoms with Gasteiger partial charge in [0.15, 0.2) is 23.7 Å². The summed E-state index contributed by atoms with van der Waals surface area (Å²) in [4.78, 5) is 24.6. The summed E-state index contributed by atoms with van der Waals surface area (Å²) >= 11 is 0. The van der Waals surface area contributed by atoms with Gasteiger partial charge in [-0.05, 0) is 66.2 Å². The molecule has 0 aliphatic heterocycles. The molecule has 2 rings (SSSR count). The highest BCUT2D eigenvalue weighted by Crippen LogP contribution is 2.26. The average molecular weight is 533 g/mol. The molecule has 0 amide bonds. The van der Waals surface area contributed by atoms with Crippen LogP contribution in [0.15, 0.2) is 10.2 Å². The molecule has 212 valence electrons. The molecule has 0 heterocycles. The number of carbonyl (C=O) groups excluding carboxylic acids is 2. The Labute approximate surface area is 227 Å². The zero-order chi connectivity index (χ0) is 28.0. The van der Waals surface area contributed by atoms with Crippen LogP contribution in [0.4, 0.5) is 0 Å². The number of ether oxygens (including phenoxy) is 4. The van der Waals surface area contributed by atoms with Crippen molar-refractivity contribution in [2.75, 3.05) is 0 Å². The lowest BCUT2D eigenvalue weighted by Crippen LogP contribution is -2.29. The Kier molecular flexibility index (Phi) is 13.1. The Morgan fingerprint density at radius 1 is 0.737 bits per heavy atom. The van der Waals surface area contributed by atoms with E-state index in [9.17, 15) is 20.1 Å². The topological polar surface area (TPSA) is 143 Å². The minimum atomic E-state index is -1.33. The van der Waals surface area contributed by atoms with Crippen molar-refractivity contribution in [1.29, 1.82) is 10.5 Å². The molecule has 38 heavy (non-hydrogen) atoms. The molecule has 0 spiro atoms. The van der Waals surface area contributed by atoms with E-state index in [-0.39, 0.29) is 37.9 Å². The van der Waals surface area contributed by atoms with E-state index in [4.69, 9.17) is 18.9 Å². The highest BCUT2D eigenvalue weighted by molar-refractivity contribution is 5.70. The lowest BCUT2D eigenvalue weighted by atomic mass is 9.97. The molecule has 2 saturated carbocycles. The summed E-state index contributed by atoms with van der Waals surface area (Å²) in [5.41, 5.74) is -2.65.